The van der Waals surface area contributed by atoms with Crippen LogP contribution in [0.1, 0.15) is 34.8 Å². The molecule has 0 spiro atoms. The molecule has 152 valence electrons. The summed E-state index contributed by atoms with van der Waals surface area (Å²) >= 11 is 0. The Hall–Kier alpha value is -3.58. The number of aromatic carboxylic acids is 1. The van der Waals surface area contributed by atoms with Crippen LogP contribution in [0.3, 0.4) is 0 Å². The van der Waals surface area contributed by atoms with Gasteiger partial charge in [-0.3, -0.25) is 0 Å². The van der Waals surface area contributed by atoms with Gasteiger partial charge in [-0.05, 0) is 68.2 Å². The Morgan fingerprint density at radius 1 is 1.03 bits per heavy atom. The summed E-state index contributed by atoms with van der Waals surface area (Å²) in [5.74, 6) is 0.800. The van der Waals surface area contributed by atoms with Gasteiger partial charge in [-0.2, -0.15) is 5.10 Å². The van der Waals surface area contributed by atoms with Gasteiger partial charge in [0, 0.05) is 11.1 Å². The number of hydrogen-bond donors (Lipinski definition) is 3. The number of ether oxygens (including phenoxy) is 1. The molecule has 0 amide bonds. The predicted molar refractivity (Wildman–Crippen MR) is 113 cm³/mol. The Labute approximate surface area is 173 Å². The van der Waals surface area contributed by atoms with Gasteiger partial charge < -0.3 is 20.1 Å². The number of aromatic nitrogens is 3. The fraction of sp³-hybridized carbons (Fsp3) is 0.217. The highest BCUT2D eigenvalue weighted by Gasteiger charge is 2.26. The third-order valence-corrected chi connectivity index (χ3v) is 5.59. The van der Waals surface area contributed by atoms with Gasteiger partial charge in [0.15, 0.2) is 5.69 Å². The maximum atomic E-state index is 12.0. The van der Waals surface area contributed by atoms with E-state index in [1.54, 1.807) is 6.20 Å². The van der Waals surface area contributed by atoms with Crippen LogP contribution >= 0.6 is 0 Å². The Kier molecular flexibility index (Phi) is 4.72. The van der Waals surface area contributed by atoms with E-state index in [0.29, 0.717) is 17.4 Å². The van der Waals surface area contributed by atoms with Crippen LogP contribution in [0, 0.1) is 0 Å². The molecule has 0 atom stereocenters. The zero-order valence-electron chi connectivity index (χ0n) is 16.3. The molecule has 3 heterocycles. The maximum Gasteiger partial charge on any atom is 0.356 e. The number of benzene rings is 2. The third-order valence-electron chi connectivity index (χ3n) is 5.59. The van der Waals surface area contributed by atoms with Crippen LogP contribution in [0.4, 0.5) is 0 Å². The molecule has 5 rings (SSSR count). The van der Waals surface area contributed by atoms with E-state index in [-0.39, 0.29) is 5.69 Å². The Bertz CT molecular complexity index is 1170. The molecule has 1 aliphatic rings. The second-order valence-corrected chi connectivity index (χ2v) is 7.48. The highest BCUT2D eigenvalue weighted by molar-refractivity contribution is 5.94. The average Bonchev–Trinajstić information content (AvgIpc) is 3.35. The Balaban J connectivity index is 1.51. The molecule has 2 aromatic heterocycles. The first-order valence-electron chi connectivity index (χ1n) is 10.1. The van der Waals surface area contributed by atoms with Crippen molar-refractivity contribution in [1.82, 2.24) is 19.9 Å². The predicted octanol–water partition coefficient (Wildman–Crippen LogP) is 4.29. The quantitative estimate of drug-likeness (QED) is 0.463. The summed E-state index contributed by atoms with van der Waals surface area (Å²) in [6, 6.07) is 16.9. The number of nitrogens with zero attached hydrogens (tertiary/aromatic N) is 2. The van der Waals surface area contributed by atoms with Crippen molar-refractivity contribution in [3.05, 3.63) is 72.1 Å². The van der Waals surface area contributed by atoms with E-state index in [1.807, 2.05) is 54.6 Å². The van der Waals surface area contributed by atoms with Crippen LogP contribution in [0.15, 0.2) is 60.8 Å². The normalized spacial score (nSPS) is 14.8. The number of aromatic amines is 1. The SMILES string of the molecule is O=C(O)c1c(-c2ccc(Oc3ccccc3)cc2)[nH]c2c(C3CCNCC3)cnn12. The summed E-state index contributed by atoms with van der Waals surface area (Å²) in [5, 5.41) is 17.6. The maximum absolute atomic E-state index is 12.0. The van der Waals surface area contributed by atoms with Crippen LogP contribution in [0.25, 0.3) is 16.9 Å². The highest BCUT2D eigenvalue weighted by atomic mass is 16.5. The first-order chi connectivity index (χ1) is 14.7. The second-order valence-electron chi connectivity index (χ2n) is 7.48. The molecule has 7 nitrogen and oxygen atoms in total. The van der Waals surface area contributed by atoms with Crippen molar-refractivity contribution < 1.29 is 14.6 Å². The summed E-state index contributed by atoms with van der Waals surface area (Å²) in [5.41, 5.74) is 3.30. The van der Waals surface area contributed by atoms with Crippen molar-refractivity contribution in [1.29, 1.82) is 0 Å². The lowest BCUT2D eigenvalue weighted by Gasteiger charge is -2.21. The van der Waals surface area contributed by atoms with Crippen molar-refractivity contribution in [3.8, 4) is 22.8 Å². The summed E-state index contributed by atoms with van der Waals surface area (Å²) in [4.78, 5) is 15.4. The van der Waals surface area contributed by atoms with Crippen LogP contribution in [-0.4, -0.2) is 38.8 Å². The third kappa shape index (κ3) is 3.33. The molecule has 0 unspecified atom stereocenters. The minimum atomic E-state index is -1.01. The van der Waals surface area contributed by atoms with Gasteiger partial charge in [-0.15, -0.1) is 0 Å². The van der Waals surface area contributed by atoms with E-state index in [2.05, 4.69) is 15.4 Å². The number of rotatable bonds is 5. The van der Waals surface area contributed by atoms with Crippen molar-refractivity contribution in [3.63, 3.8) is 0 Å². The number of fused-ring (bicyclic) bond motifs is 1. The van der Waals surface area contributed by atoms with Gasteiger partial charge in [0.2, 0.25) is 0 Å². The van der Waals surface area contributed by atoms with Crippen LogP contribution in [0.2, 0.25) is 0 Å². The first kappa shape index (κ1) is 18.4. The zero-order chi connectivity index (χ0) is 20.5. The molecule has 4 aromatic rings. The molecule has 0 bridgehead atoms. The summed E-state index contributed by atoms with van der Waals surface area (Å²) in [7, 11) is 0. The fourth-order valence-corrected chi connectivity index (χ4v) is 4.09. The molecule has 1 aliphatic heterocycles. The monoisotopic (exact) mass is 402 g/mol. The highest BCUT2D eigenvalue weighted by Crippen LogP contribution is 2.33. The lowest BCUT2D eigenvalue weighted by molar-refractivity contribution is 0.0689. The van der Waals surface area contributed by atoms with Crippen LogP contribution in [0.5, 0.6) is 11.5 Å². The van der Waals surface area contributed by atoms with E-state index < -0.39 is 5.97 Å². The average molecular weight is 402 g/mol. The molecule has 30 heavy (non-hydrogen) atoms. The second kappa shape index (κ2) is 7.68. The molecule has 2 aromatic carbocycles. The first-order valence-corrected chi connectivity index (χ1v) is 10.1. The van der Waals surface area contributed by atoms with Crippen molar-refractivity contribution >= 4 is 11.6 Å². The number of imidazole rings is 1. The van der Waals surface area contributed by atoms with Gasteiger partial charge in [0.25, 0.3) is 0 Å². The zero-order valence-corrected chi connectivity index (χ0v) is 16.3. The lowest BCUT2D eigenvalue weighted by Crippen LogP contribution is -2.26. The molecule has 1 fully saturated rings. The van der Waals surface area contributed by atoms with E-state index in [1.165, 1.54) is 4.52 Å². The summed E-state index contributed by atoms with van der Waals surface area (Å²) in [6.07, 6.45) is 3.84. The van der Waals surface area contributed by atoms with E-state index in [4.69, 9.17) is 4.74 Å². The number of piperidine rings is 1. The van der Waals surface area contributed by atoms with E-state index >= 15 is 0 Å². The lowest BCUT2D eigenvalue weighted by atomic mass is 9.92. The topological polar surface area (TPSA) is 91.6 Å². The van der Waals surface area contributed by atoms with Crippen molar-refractivity contribution in [2.24, 2.45) is 0 Å². The number of nitrogens with one attached hydrogen (secondary N) is 2. The minimum Gasteiger partial charge on any atom is -0.476 e. The number of carbonyl (C=O) groups is 1. The van der Waals surface area contributed by atoms with Gasteiger partial charge in [-0.25, -0.2) is 9.31 Å². The number of carboxylic acid groups (broad SMARTS) is 1. The Morgan fingerprint density at radius 3 is 2.43 bits per heavy atom. The van der Waals surface area contributed by atoms with Crippen LogP contribution in [-0.2, 0) is 0 Å². The number of carboxylic acids is 1. The summed E-state index contributed by atoms with van der Waals surface area (Å²) in [6.45, 7) is 1.93. The van der Waals surface area contributed by atoms with Crippen LogP contribution < -0.4 is 10.1 Å². The molecule has 0 saturated carbocycles. The van der Waals surface area contributed by atoms with Gasteiger partial charge in [-0.1, -0.05) is 18.2 Å². The van der Waals surface area contributed by atoms with E-state index in [0.717, 1.165) is 48.5 Å². The van der Waals surface area contributed by atoms with Gasteiger partial charge in [0.1, 0.15) is 17.1 Å². The van der Waals surface area contributed by atoms with Gasteiger partial charge >= 0.3 is 5.97 Å². The van der Waals surface area contributed by atoms with Gasteiger partial charge in [0.05, 0.1) is 11.9 Å². The largest absolute Gasteiger partial charge is 0.476 e. The number of para-hydroxylation sites is 1. The van der Waals surface area contributed by atoms with E-state index in [9.17, 15) is 9.90 Å². The molecular weight excluding hydrogens is 380 g/mol. The molecule has 3 N–H and O–H groups in total. The van der Waals surface area contributed by atoms with Crippen molar-refractivity contribution in [2.75, 3.05) is 13.1 Å². The fourth-order valence-electron chi connectivity index (χ4n) is 4.09. The minimum absolute atomic E-state index is 0.141. The molecule has 0 radical (unpaired) electrons. The Morgan fingerprint density at radius 2 is 1.73 bits per heavy atom. The molecular formula is C23H22N4O3. The number of H-pyrrole nitrogens is 1. The standard InChI is InChI=1S/C23H22N4O3/c28-23(29)21-20(16-6-8-18(9-7-16)30-17-4-2-1-3-5-17)26-22-19(14-25-27(21)22)15-10-12-24-13-11-15/h1-9,14-15,24,26H,10-13H2,(H,28,29). The van der Waals surface area contributed by atoms with Crippen molar-refractivity contribution in [2.45, 2.75) is 18.8 Å². The molecule has 7 heteroatoms. The summed E-state index contributed by atoms with van der Waals surface area (Å²) < 4.78 is 7.36. The molecule has 0 aliphatic carbocycles. The smallest absolute Gasteiger partial charge is 0.356 e. The number of hydrogen-bond acceptors (Lipinski definition) is 4. The molecule has 1 saturated heterocycles.